The molecule has 0 radical (unpaired) electrons. The van der Waals surface area contributed by atoms with Crippen molar-refractivity contribution in [3.05, 3.63) is 29.8 Å². The van der Waals surface area contributed by atoms with E-state index in [1.807, 2.05) is 12.1 Å². The summed E-state index contributed by atoms with van der Waals surface area (Å²) in [5.74, 6) is 0.0477. The van der Waals surface area contributed by atoms with Crippen LogP contribution in [0.5, 0.6) is 0 Å². The second-order valence-electron chi connectivity index (χ2n) is 4.86. The maximum absolute atomic E-state index is 11.8. The number of aryl methyl sites for hydroxylation is 1. The molecule has 0 unspecified atom stereocenters. The minimum absolute atomic E-state index is 0.0477. The molecule has 0 aromatic heterocycles. The highest BCUT2D eigenvalue weighted by Crippen LogP contribution is 2.10. The van der Waals surface area contributed by atoms with Gasteiger partial charge >= 0.3 is 0 Å². The summed E-state index contributed by atoms with van der Waals surface area (Å²) in [6.45, 7) is 3.94. The molecule has 0 atom stereocenters. The van der Waals surface area contributed by atoms with Gasteiger partial charge in [-0.15, -0.1) is 0 Å². The predicted octanol–water partition coefficient (Wildman–Crippen LogP) is 1.96. The van der Waals surface area contributed by atoms with Gasteiger partial charge in [0.15, 0.2) is 0 Å². The van der Waals surface area contributed by atoms with Gasteiger partial charge in [0.1, 0.15) is 0 Å². The van der Waals surface area contributed by atoms with Gasteiger partial charge in [-0.2, -0.15) is 0 Å². The molecule has 1 aliphatic rings. The third-order valence-electron chi connectivity index (χ3n) is 3.40. The first-order valence-electron chi connectivity index (χ1n) is 6.98. The van der Waals surface area contributed by atoms with E-state index in [0.717, 1.165) is 38.2 Å². The average Bonchev–Trinajstić information content (AvgIpc) is 2.47. The first-order valence-corrected chi connectivity index (χ1v) is 6.98. The SMILES string of the molecule is CCc1ccc(NCC(=O)NC2CCOCC2)cc1. The van der Waals surface area contributed by atoms with Crippen LogP contribution in [0.2, 0.25) is 0 Å². The maximum atomic E-state index is 11.8. The Balaban J connectivity index is 1.72. The normalized spacial score (nSPS) is 16.1. The van der Waals surface area contributed by atoms with Gasteiger partial charge in [-0.25, -0.2) is 0 Å². The zero-order chi connectivity index (χ0) is 13.5. The third kappa shape index (κ3) is 4.56. The van der Waals surface area contributed by atoms with Gasteiger partial charge in [-0.3, -0.25) is 4.79 Å². The van der Waals surface area contributed by atoms with E-state index in [0.29, 0.717) is 6.54 Å². The van der Waals surface area contributed by atoms with Crippen molar-refractivity contribution in [1.82, 2.24) is 5.32 Å². The van der Waals surface area contributed by atoms with Crippen LogP contribution in [0.3, 0.4) is 0 Å². The van der Waals surface area contributed by atoms with Crippen LogP contribution in [0, 0.1) is 0 Å². The molecular weight excluding hydrogens is 240 g/mol. The van der Waals surface area contributed by atoms with Crippen LogP contribution in [0.1, 0.15) is 25.3 Å². The molecule has 4 nitrogen and oxygen atoms in total. The number of nitrogens with one attached hydrogen (secondary N) is 2. The number of amides is 1. The molecule has 2 rings (SSSR count). The van der Waals surface area contributed by atoms with Crippen LogP contribution in [0.25, 0.3) is 0 Å². The number of hydrogen-bond acceptors (Lipinski definition) is 3. The smallest absolute Gasteiger partial charge is 0.239 e. The van der Waals surface area contributed by atoms with Crippen molar-refractivity contribution in [2.45, 2.75) is 32.2 Å². The summed E-state index contributed by atoms with van der Waals surface area (Å²) in [5.41, 5.74) is 2.29. The van der Waals surface area contributed by atoms with Crippen molar-refractivity contribution in [2.75, 3.05) is 25.1 Å². The predicted molar refractivity (Wildman–Crippen MR) is 76.3 cm³/mol. The van der Waals surface area contributed by atoms with Gasteiger partial charge in [-0.1, -0.05) is 19.1 Å². The minimum atomic E-state index is 0.0477. The maximum Gasteiger partial charge on any atom is 0.239 e. The van der Waals surface area contributed by atoms with Crippen molar-refractivity contribution in [1.29, 1.82) is 0 Å². The molecule has 0 aliphatic carbocycles. The molecule has 104 valence electrons. The molecule has 1 amide bonds. The van der Waals surface area contributed by atoms with Crippen molar-refractivity contribution in [3.63, 3.8) is 0 Å². The van der Waals surface area contributed by atoms with Gasteiger partial charge in [0.25, 0.3) is 0 Å². The first-order chi connectivity index (χ1) is 9.28. The van der Waals surface area contributed by atoms with E-state index in [4.69, 9.17) is 4.74 Å². The lowest BCUT2D eigenvalue weighted by atomic mass is 10.1. The van der Waals surface area contributed by atoms with Gasteiger partial charge in [0.05, 0.1) is 6.54 Å². The Hall–Kier alpha value is -1.55. The van der Waals surface area contributed by atoms with E-state index in [9.17, 15) is 4.79 Å². The van der Waals surface area contributed by atoms with Gasteiger partial charge in [0, 0.05) is 24.9 Å². The molecule has 1 fully saturated rings. The second-order valence-corrected chi connectivity index (χ2v) is 4.86. The van der Waals surface area contributed by atoms with Crippen LogP contribution < -0.4 is 10.6 Å². The van der Waals surface area contributed by atoms with Crippen LogP contribution in [-0.4, -0.2) is 31.7 Å². The summed E-state index contributed by atoms with van der Waals surface area (Å²) in [4.78, 5) is 11.8. The highest BCUT2D eigenvalue weighted by molar-refractivity contribution is 5.80. The zero-order valence-corrected chi connectivity index (χ0v) is 11.4. The fourth-order valence-corrected chi connectivity index (χ4v) is 2.16. The van der Waals surface area contributed by atoms with Crippen molar-refractivity contribution < 1.29 is 9.53 Å². The summed E-state index contributed by atoms with van der Waals surface area (Å²) in [7, 11) is 0. The molecule has 2 N–H and O–H groups in total. The molecule has 1 heterocycles. The Morgan fingerprint density at radius 1 is 1.26 bits per heavy atom. The van der Waals surface area contributed by atoms with Crippen LogP contribution in [0.15, 0.2) is 24.3 Å². The monoisotopic (exact) mass is 262 g/mol. The lowest BCUT2D eigenvalue weighted by Crippen LogP contribution is -2.41. The number of carbonyl (C=O) groups is 1. The van der Waals surface area contributed by atoms with Crippen LogP contribution in [-0.2, 0) is 16.0 Å². The summed E-state index contributed by atoms with van der Waals surface area (Å²) < 4.78 is 5.27. The number of benzene rings is 1. The Morgan fingerprint density at radius 2 is 1.95 bits per heavy atom. The number of carbonyl (C=O) groups excluding carboxylic acids is 1. The second kappa shape index (κ2) is 7.14. The highest BCUT2D eigenvalue weighted by atomic mass is 16.5. The summed E-state index contributed by atoms with van der Waals surface area (Å²) in [5, 5.41) is 6.17. The fourth-order valence-electron chi connectivity index (χ4n) is 2.16. The van der Waals surface area contributed by atoms with E-state index in [-0.39, 0.29) is 11.9 Å². The minimum Gasteiger partial charge on any atom is -0.381 e. The molecule has 0 spiro atoms. The summed E-state index contributed by atoms with van der Waals surface area (Å²) >= 11 is 0. The van der Waals surface area contributed by atoms with E-state index in [1.165, 1.54) is 5.56 Å². The topological polar surface area (TPSA) is 50.4 Å². The Morgan fingerprint density at radius 3 is 2.58 bits per heavy atom. The van der Waals surface area contributed by atoms with Crippen LogP contribution >= 0.6 is 0 Å². The lowest BCUT2D eigenvalue weighted by molar-refractivity contribution is -0.120. The summed E-state index contributed by atoms with van der Waals surface area (Å²) in [6, 6.07) is 8.46. The van der Waals surface area contributed by atoms with Gasteiger partial charge < -0.3 is 15.4 Å². The van der Waals surface area contributed by atoms with E-state index in [2.05, 4.69) is 29.7 Å². The van der Waals surface area contributed by atoms with Gasteiger partial charge in [-0.05, 0) is 37.0 Å². The van der Waals surface area contributed by atoms with Crippen molar-refractivity contribution in [2.24, 2.45) is 0 Å². The van der Waals surface area contributed by atoms with Crippen LogP contribution in [0.4, 0.5) is 5.69 Å². The quantitative estimate of drug-likeness (QED) is 0.853. The first kappa shape index (κ1) is 13.9. The molecule has 19 heavy (non-hydrogen) atoms. The molecule has 1 saturated heterocycles. The molecule has 0 bridgehead atoms. The molecule has 1 aromatic carbocycles. The van der Waals surface area contributed by atoms with E-state index in [1.54, 1.807) is 0 Å². The average molecular weight is 262 g/mol. The Bertz CT molecular complexity index is 397. The Labute approximate surface area is 114 Å². The number of anilines is 1. The standard InChI is InChI=1S/C15H22N2O2/c1-2-12-3-5-13(6-4-12)16-11-15(18)17-14-7-9-19-10-8-14/h3-6,14,16H,2,7-11H2,1H3,(H,17,18). The number of ether oxygens (including phenoxy) is 1. The van der Waals surface area contributed by atoms with Crippen molar-refractivity contribution >= 4 is 11.6 Å². The van der Waals surface area contributed by atoms with E-state index >= 15 is 0 Å². The molecule has 1 aromatic rings. The zero-order valence-electron chi connectivity index (χ0n) is 11.4. The largest absolute Gasteiger partial charge is 0.381 e. The lowest BCUT2D eigenvalue weighted by Gasteiger charge is -2.23. The number of hydrogen-bond donors (Lipinski definition) is 2. The molecule has 4 heteroatoms. The van der Waals surface area contributed by atoms with Crippen molar-refractivity contribution in [3.8, 4) is 0 Å². The third-order valence-corrected chi connectivity index (χ3v) is 3.40. The van der Waals surface area contributed by atoms with E-state index < -0.39 is 0 Å². The molecular formula is C15H22N2O2. The molecule has 0 saturated carbocycles. The highest BCUT2D eigenvalue weighted by Gasteiger charge is 2.15. The Kier molecular flexibility index (Phi) is 5.21. The fraction of sp³-hybridized carbons (Fsp3) is 0.533. The number of rotatable bonds is 5. The van der Waals surface area contributed by atoms with Gasteiger partial charge in [0.2, 0.25) is 5.91 Å². The summed E-state index contributed by atoms with van der Waals surface area (Å²) in [6.07, 6.45) is 2.86. The molecule has 1 aliphatic heterocycles.